The van der Waals surface area contributed by atoms with Crippen molar-refractivity contribution >= 4 is 29.2 Å². The maximum atomic E-state index is 13.6. The molecule has 1 amide bonds. The lowest BCUT2D eigenvalue weighted by Crippen LogP contribution is -2.37. The van der Waals surface area contributed by atoms with Gasteiger partial charge in [-0.3, -0.25) is 4.79 Å². The highest BCUT2D eigenvalue weighted by molar-refractivity contribution is 5.86. The highest BCUT2D eigenvalue weighted by Crippen LogP contribution is 2.27. The molecule has 1 heterocycles. The van der Waals surface area contributed by atoms with Crippen LogP contribution in [0.25, 0.3) is 22.2 Å². The average molecular weight is 495 g/mol. The number of benzene rings is 2. The lowest BCUT2D eigenvalue weighted by Gasteiger charge is -2.26. The van der Waals surface area contributed by atoms with Crippen LogP contribution in [-0.4, -0.2) is 28.9 Å². The van der Waals surface area contributed by atoms with E-state index in [-0.39, 0.29) is 18.3 Å². The zero-order valence-corrected chi connectivity index (χ0v) is 22.7. The lowest BCUT2D eigenvalue weighted by molar-refractivity contribution is -0.135. The van der Waals surface area contributed by atoms with E-state index in [0.29, 0.717) is 5.91 Å². The van der Waals surface area contributed by atoms with Gasteiger partial charge in [-0.1, -0.05) is 108 Å². The van der Waals surface area contributed by atoms with Gasteiger partial charge in [-0.05, 0) is 37.0 Å². The van der Waals surface area contributed by atoms with Crippen molar-refractivity contribution in [1.29, 1.82) is 0 Å². The molecule has 3 rings (SSSR count). The number of hydrogen-bond donors (Lipinski definition) is 0. The molecule has 3 nitrogen and oxygen atoms in total. The van der Waals surface area contributed by atoms with Crippen LogP contribution in [0.2, 0.25) is 0 Å². The second-order valence-corrected chi connectivity index (χ2v) is 9.60. The van der Waals surface area contributed by atoms with E-state index in [1.807, 2.05) is 24.3 Å². The monoisotopic (exact) mass is 494 g/mol. The van der Waals surface area contributed by atoms with E-state index in [2.05, 4.69) is 62.1 Å². The third-order valence-corrected chi connectivity index (χ3v) is 6.69. The van der Waals surface area contributed by atoms with Crippen molar-refractivity contribution in [3.63, 3.8) is 0 Å². The molecule has 0 saturated heterocycles. The molecule has 0 fully saturated rings. The number of carbonyl (C=O) groups excluding carboxylic acids is 1. The molecule has 0 spiro atoms. The third kappa shape index (κ3) is 8.65. The molecule has 3 aromatic rings. The van der Waals surface area contributed by atoms with Crippen LogP contribution >= 0.6 is 12.4 Å². The SMILES string of the molecule is CCCCCCN(CCCCCC)C(=O)C(C)Cc1cc(-c2ccccc2)nc2ccccc12.Cl. The normalized spacial score (nSPS) is 11.7. The molecule has 1 unspecified atom stereocenters. The first-order valence-corrected chi connectivity index (χ1v) is 13.4. The summed E-state index contributed by atoms with van der Waals surface area (Å²) in [6.07, 6.45) is 10.3. The molecule has 0 radical (unpaired) electrons. The first-order valence-electron chi connectivity index (χ1n) is 13.4. The van der Waals surface area contributed by atoms with Crippen molar-refractivity contribution in [3.8, 4) is 11.3 Å². The van der Waals surface area contributed by atoms with Crippen molar-refractivity contribution in [1.82, 2.24) is 9.88 Å². The Hall–Kier alpha value is -2.39. The van der Waals surface area contributed by atoms with E-state index in [4.69, 9.17) is 4.98 Å². The molecule has 190 valence electrons. The summed E-state index contributed by atoms with van der Waals surface area (Å²) in [5.74, 6) is 0.252. The number of hydrogen-bond acceptors (Lipinski definition) is 2. The van der Waals surface area contributed by atoms with Crippen LogP contribution in [0.3, 0.4) is 0 Å². The molecular formula is C31H43ClN2O. The highest BCUT2D eigenvalue weighted by Gasteiger charge is 2.22. The smallest absolute Gasteiger partial charge is 0.225 e. The second kappa shape index (κ2) is 15.6. The van der Waals surface area contributed by atoms with E-state index in [0.717, 1.165) is 54.5 Å². The Morgan fingerprint density at radius 3 is 2.06 bits per heavy atom. The van der Waals surface area contributed by atoms with Gasteiger partial charge in [0.05, 0.1) is 11.2 Å². The number of amides is 1. The van der Waals surface area contributed by atoms with Crippen molar-refractivity contribution in [3.05, 3.63) is 66.2 Å². The number of fused-ring (bicyclic) bond motifs is 1. The van der Waals surface area contributed by atoms with Crippen molar-refractivity contribution in [2.75, 3.05) is 13.1 Å². The molecular weight excluding hydrogens is 452 g/mol. The minimum Gasteiger partial charge on any atom is -0.342 e. The Morgan fingerprint density at radius 1 is 0.829 bits per heavy atom. The molecule has 0 aliphatic heterocycles. The number of pyridine rings is 1. The van der Waals surface area contributed by atoms with E-state index in [1.54, 1.807) is 0 Å². The molecule has 0 N–H and O–H groups in total. The Kier molecular flexibility index (Phi) is 12.8. The summed E-state index contributed by atoms with van der Waals surface area (Å²) in [6, 6.07) is 20.8. The topological polar surface area (TPSA) is 33.2 Å². The quantitative estimate of drug-likeness (QED) is 0.210. The predicted octanol–water partition coefficient (Wildman–Crippen LogP) is 8.49. The summed E-state index contributed by atoms with van der Waals surface area (Å²) < 4.78 is 0. The van der Waals surface area contributed by atoms with Gasteiger partial charge in [-0.2, -0.15) is 0 Å². The Bertz CT molecular complexity index is 1010. The summed E-state index contributed by atoms with van der Waals surface area (Å²) in [5, 5.41) is 1.15. The molecule has 0 bridgehead atoms. The number of unbranched alkanes of at least 4 members (excludes halogenated alkanes) is 6. The van der Waals surface area contributed by atoms with E-state index in [1.165, 1.54) is 44.1 Å². The first kappa shape index (κ1) is 28.8. The standard InChI is InChI=1S/C31H42N2O.ClH/c1-4-6-8-15-21-33(22-16-9-7-5-2)31(34)25(3)23-27-24-30(26-17-11-10-12-18-26)32-29-20-14-13-19-28(27)29;/h10-14,17-20,24-25H,4-9,15-16,21-23H2,1-3H3;1H. The Morgan fingerprint density at radius 2 is 1.43 bits per heavy atom. The summed E-state index contributed by atoms with van der Waals surface area (Å²) >= 11 is 0. The average Bonchev–Trinajstić information content (AvgIpc) is 2.87. The van der Waals surface area contributed by atoms with E-state index in [9.17, 15) is 4.79 Å². The molecule has 0 aliphatic rings. The van der Waals surface area contributed by atoms with Crippen LogP contribution in [0.5, 0.6) is 0 Å². The lowest BCUT2D eigenvalue weighted by atomic mass is 9.95. The maximum absolute atomic E-state index is 13.6. The van der Waals surface area contributed by atoms with Gasteiger partial charge in [0.2, 0.25) is 5.91 Å². The van der Waals surface area contributed by atoms with Gasteiger partial charge in [0.1, 0.15) is 0 Å². The van der Waals surface area contributed by atoms with Gasteiger partial charge in [-0.25, -0.2) is 4.98 Å². The molecule has 4 heteroatoms. The van der Waals surface area contributed by atoms with Crippen molar-refractivity contribution < 1.29 is 4.79 Å². The minimum atomic E-state index is -0.0493. The van der Waals surface area contributed by atoms with Crippen molar-refractivity contribution in [2.24, 2.45) is 5.92 Å². The fraction of sp³-hybridized carbons (Fsp3) is 0.484. The van der Waals surface area contributed by atoms with Crippen LogP contribution in [0.1, 0.15) is 77.7 Å². The van der Waals surface area contributed by atoms with E-state index >= 15 is 0 Å². The first-order chi connectivity index (χ1) is 16.6. The molecule has 1 atom stereocenters. The van der Waals surface area contributed by atoms with Gasteiger partial charge in [0.15, 0.2) is 0 Å². The molecule has 0 saturated carbocycles. The number of rotatable bonds is 14. The zero-order chi connectivity index (χ0) is 24.2. The van der Waals surface area contributed by atoms with Crippen molar-refractivity contribution in [2.45, 2.75) is 78.6 Å². The Balaban J connectivity index is 0.00000432. The van der Waals surface area contributed by atoms with Crippen LogP contribution in [0.4, 0.5) is 0 Å². The number of nitrogens with zero attached hydrogens (tertiary/aromatic N) is 2. The van der Waals surface area contributed by atoms with E-state index < -0.39 is 0 Å². The van der Waals surface area contributed by atoms with Crippen LogP contribution < -0.4 is 0 Å². The largest absolute Gasteiger partial charge is 0.342 e. The summed E-state index contributed by atoms with van der Waals surface area (Å²) in [7, 11) is 0. The number of halogens is 1. The number of para-hydroxylation sites is 1. The molecule has 2 aromatic carbocycles. The summed E-state index contributed by atoms with van der Waals surface area (Å²) in [4.78, 5) is 20.6. The van der Waals surface area contributed by atoms with Gasteiger partial charge in [0, 0.05) is 30.0 Å². The van der Waals surface area contributed by atoms with Gasteiger partial charge < -0.3 is 4.90 Å². The third-order valence-electron chi connectivity index (χ3n) is 6.69. The maximum Gasteiger partial charge on any atom is 0.225 e. The molecule has 35 heavy (non-hydrogen) atoms. The zero-order valence-electron chi connectivity index (χ0n) is 21.8. The van der Waals surface area contributed by atoms with Crippen LogP contribution in [0, 0.1) is 5.92 Å². The van der Waals surface area contributed by atoms with Gasteiger partial charge in [0.25, 0.3) is 0 Å². The van der Waals surface area contributed by atoms with Crippen LogP contribution in [0.15, 0.2) is 60.7 Å². The summed E-state index contributed by atoms with van der Waals surface area (Å²) in [5.41, 5.74) is 4.30. The predicted molar refractivity (Wildman–Crippen MR) is 152 cm³/mol. The minimum absolute atomic E-state index is 0. The number of aromatic nitrogens is 1. The number of carbonyl (C=O) groups is 1. The molecule has 1 aromatic heterocycles. The highest BCUT2D eigenvalue weighted by atomic mass is 35.5. The molecule has 0 aliphatic carbocycles. The van der Waals surface area contributed by atoms with Gasteiger partial charge in [-0.15, -0.1) is 12.4 Å². The fourth-order valence-electron chi connectivity index (χ4n) is 4.69. The summed E-state index contributed by atoms with van der Waals surface area (Å²) in [6.45, 7) is 8.35. The van der Waals surface area contributed by atoms with Crippen LogP contribution in [-0.2, 0) is 11.2 Å². The Labute approximate surface area is 218 Å². The second-order valence-electron chi connectivity index (χ2n) is 9.60. The fourth-order valence-corrected chi connectivity index (χ4v) is 4.69. The van der Waals surface area contributed by atoms with Gasteiger partial charge >= 0.3 is 0 Å².